The molecule has 0 aliphatic heterocycles. The Hall–Kier alpha value is -0.250. The topological polar surface area (TPSA) is 21.3 Å². The number of hydrogen-bond acceptors (Lipinski definition) is 2. The Bertz CT molecular complexity index is 487. The summed E-state index contributed by atoms with van der Waals surface area (Å²) in [5.74, 6) is 0. The van der Waals surface area contributed by atoms with E-state index in [-0.39, 0.29) is 0 Å². The number of nitrogens with one attached hydrogen (secondary N) is 1. The van der Waals surface area contributed by atoms with E-state index in [9.17, 15) is 0 Å². The minimum atomic E-state index is 0.363. The van der Waals surface area contributed by atoms with Gasteiger partial charge in [0.05, 0.1) is 11.1 Å². The number of anilines is 1. The Labute approximate surface area is 134 Å². The van der Waals surface area contributed by atoms with Crippen LogP contribution in [-0.4, -0.2) is 18.8 Å². The summed E-state index contributed by atoms with van der Waals surface area (Å²) >= 11 is 9.55. The average Bonchev–Trinajstić information content (AvgIpc) is 2.94. The van der Waals surface area contributed by atoms with Crippen molar-refractivity contribution in [3.8, 4) is 0 Å². The third-order valence-corrected chi connectivity index (χ3v) is 6.16. The third-order valence-electron chi connectivity index (χ3n) is 4.95. The summed E-state index contributed by atoms with van der Waals surface area (Å²) < 4.78 is 6.91. The predicted molar refractivity (Wildman–Crippen MR) is 87.5 cm³/mol. The molecule has 2 aliphatic rings. The fraction of sp³-hybridized carbons (Fsp3) is 0.625. The Kier molecular flexibility index (Phi) is 4.30. The summed E-state index contributed by atoms with van der Waals surface area (Å²) in [5, 5.41) is 4.46. The summed E-state index contributed by atoms with van der Waals surface area (Å²) in [4.78, 5) is 0. The van der Waals surface area contributed by atoms with Crippen LogP contribution in [0.3, 0.4) is 0 Å². The van der Waals surface area contributed by atoms with Gasteiger partial charge in [0.25, 0.3) is 0 Å². The van der Waals surface area contributed by atoms with Gasteiger partial charge in [0.1, 0.15) is 0 Å². The molecule has 2 unspecified atom stereocenters. The fourth-order valence-corrected chi connectivity index (χ4v) is 4.37. The third kappa shape index (κ3) is 2.49. The van der Waals surface area contributed by atoms with Crippen LogP contribution in [0.5, 0.6) is 0 Å². The van der Waals surface area contributed by atoms with Gasteiger partial charge in [-0.1, -0.05) is 24.4 Å². The predicted octanol–water partition coefficient (Wildman–Crippen LogP) is 5.25. The molecule has 0 amide bonds. The summed E-state index contributed by atoms with van der Waals surface area (Å²) in [5.41, 5.74) is 1.51. The van der Waals surface area contributed by atoms with Crippen molar-refractivity contribution < 1.29 is 4.74 Å². The Morgan fingerprint density at radius 1 is 1.40 bits per heavy atom. The maximum atomic E-state index is 6.06. The van der Waals surface area contributed by atoms with Gasteiger partial charge in [-0.2, -0.15) is 0 Å². The second-order valence-electron chi connectivity index (χ2n) is 5.95. The molecule has 2 fully saturated rings. The van der Waals surface area contributed by atoms with E-state index in [1.54, 1.807) is 0 Å². The zero-order chi connectivity index (χ0) is 14.2. The Morgan fingerprint density at radius 3 is 2.80 bits per heavy atom. The highest BCUT2D eigenvalue weighted by Gasteiger charge is 2.56. The van der Waals surface area contributed by atoms with Crippen LogP contribution < -0.4 is 5.32 Å². The molecule has 0 heterocycles. The molecular formula is C16H21BrClNO. The van der Waals surface area contributed by atoms with Gasteiger partial charge >= 0.3 is 0 Å². The van der Waals surface area contributed by atoms with Crippen LogP contribution in [0.4, 0.5) is 5.69 Å². The first-order valence-electron chi connectivity index (χ1n) is 7.49. The lowest BCUT2D eigenvalue weighted by atomic mass is 9.60. The lowest BCUT2D eigenvalue weighted by Gasteiger charge is -2.54. The van der Waals surface area contributed by atoms with Crippen molar-refractivity contribution in [2.45, 2.75) is 51.2 Å². The van der Waals surface area contributed by atoms with Crippen LogP contribution in [0.25, 0.3) is 0 Å². The first kappa shape index (κ1) is 14.7. The zero-order valence-corrected chi connectivity index (χ0v) is 14.1. The highest BCUT2D eigenvalue weighted by Crippen LogP contribution is 2.55. The molecule has 0 bridgehead atoms. The van der Waals surface area contributed by atoms with E-state index in [4.69, 9.17) is 16.3 Å². The molecule has 2 atom stereocenters. The second-order valence-corrected chi connectivity index (χ2v) is 7.21. The molecule has 4 heteroatoms. The van der Waals surface area contributed by atoms with Gasteiger partial charge in [0.2, 0.25) is 0 Å². The molecule has 1 N–H and O–H groups in total. The number of benzene rings is 1. The monoisotopic (exact) mass is 357 g/mol. The van der Waals surface area contributed by atoms with Crippen LogP contribution in [0.2, 0.25) is 5.02 Å². The van der Waals surface area contributed by atoms with Crippen molar-refractivity contribution >= 4 is 33.2 Å². The van der Waals surface area contributed by atoms with Crippen LogP contribution in [0.1, 0.15) is 39.0 Å². The van der Waals surface area contributed by atoms with E-state index >= 15 is 0 Å². The molecule has 2 nitrogen and oxygen atoms in total. The maximum Gasteiger partial charge on any atom is 0.0670 e. The molecule has 2 saturated carbocycles. The van der Waals surface area contributed by atoms with E-state index in [0.717, 1.165) is 28.2 Å². The highest BCUT2D eigenvalue weighted by atomic mass is 79.9. The van der Waals surface area contributed by atoms with Crippen molar-refractivity contribution in [3.63, 3.8) is 0 Å². The molecule has 0 aromatic heterocycles. The summed E-state index contributed by atoms with van der Waals surface area (Å²) in [6.07, 6.45) is 6.84. The van der Waals surface area contributed by atoms with Gasteiger partial charge in [0.15, 0.2) is 0 Å². The van der Waals surface area contributed by atoms with Gasteiger partial charge < -0.3 is 10.1 Å². The molecule has 20 heavy (non-hydrogen) atoms. The second kappa shape index (κ2) is 5.86. The summed E-state index contributed by atoms with van der Waals surface area (Å²) in [6.45, 7) is 2.92. The average molecular weight is 359 g/mol. The van der Waals surface area contributed by atoms with Crippen LogP contribution in [0.15, 0.2) is 22.7 Å². The number of ether oxygens (including phenoxy) is 1. The van der Waals surface area contributed by atoms with Crippen molar-refractivity contribution in [1.82, 2.24) is 0 Å². The minimum Gasteiger partial charge on any atom is -0.382 e. The quantitative estimate of drug-likeness (QED) is 0.793. The molecule has 1 spiro atoms. The highest BCUT2D eigenvalue weighted by molar-refractivity contribution is 9.10. The Balaban J connectivity index is 1.72. The number of rotatable bonds is 4. The van der Waals surface area contributed by atoms with Crippen molar-refractivity contribution in [1.29, 1.82) is 0 Å². The molecule has 2 aliphatic carbocycles. The van der Waals surface area contributed by atoms with Crippen LogP contribution >= 0.6 is 27.5 Å². The lowest BCUT2D eigenvalue weighted by molar-refractivity contribution is -0.114. The molecule has 3 rings (SSSR count). The minimum absolute atomic E-state index is 0.363. The molecular weight excluding hydrogens is 338 g/mol. The standard InChI is InChI=1S/C16H21BrClNO/c1-2-20-15-10-14(16(15)7-3-4-8-16)19-11-5-6-13(18)12(17)9-11/h5-6,9,14-15,19H,2-4,7-8,10H2,1H3. The van der Waals surface area contributed by atoms with Gasteiger partial charge in [-0.05, 0) is 60.3 Å². The zero-order valence-electron chi connectivity index (χ0n) is 11.8. The van der Waals surface area contributed by atoms with E-state index in [1.165, 1.54) is 25.7 Å². The first-order valence-corrected chi connectivity index (χ1v) is 8.66. The lowest BCUT2D eigenvalue weighted by Crippen LogP contribution is -2.60. The molecule has 1 aromatic carbocycles. The summed E-state index contributed by atoms with van der Waals surface area (Å²) in [6, 6.07) is 6.60. The van der Waals surface area contributed by atoms with Gasteiger partial charge in [-0.3, -0.25) is 0 Å². The van der Waals surface area contributed by atoms with E-state index in [0.29, 0.717) is 17.6 Å². The Morgan fingerprint density at radius 2 is 2.15 bits per heavy atom. The van der Waals surface area contributed by atoms with E-state index in [2.05, 4.69) is 40.3 Å². The van der Waals surface area contributed by atoms with E-state index < -0.39 is 0 Å². The van der Waals surface area contributed by atoms with Crippen molar-refractivity contribution in [3.05, 3.63) is 27.7 Å². The molecule has 0 saturated heterocycles. The summed E-state index contributed by atoms with van der Waals surface area (Å²) in [7, 11) is 0. The SMILES string of the molecule is CCOC1CC(Nc2ccc(Cl)c(Br)c2)C12CCCC2. The molecule has 1 aromatic rings. The van der Waals surface area contributed by atoms with Crippen LogP contribution in [0, 0.1) is 5.41 Å². The van der Waals surface area contributed by atoms with Crippen LogP contribution in [-0.2, 0) is 4.74 Å². The first-order chi connectivity index (χ1) is 9.65. The van der Waals surface area contributed by atoms with Crippen molar-refractivity contribution in [2.24, 2.45) is 5.41 Å². The van der Waals surface area contributed by atoms with Gasteiger partial charge in [-0.25, -0.2) is 0 Å². The van der Waals surface area contributed by atoms with E-state index in [1.807, 2.05) is 6.07 Å². The molecule has 0 radical (unpaired) electrons. The van der Waals surface area contributed by atoms with Gasteiger partial charge in [-0.15, -0.1) is 0 Å². The fourth-order valence-electron chi connectivity index (χ4n) is 3.88. The largest absolute Gasteiger partial charge is 0.382 e. The number of halogens is 2. The molecule has 110 valence electrons. The normalized spacial score (nSPS) is 27.6. The smallest absolute Gasteiger partial charge is 0.0670 e. The van der Waals surface area contributed by atoms with Gasteiger partial charge in [0, 0.05) is 28.2 Å². The van der Waals surface area contributed by atoms with Crippen molar-refractivity contribution in [2.75, 3.05) is 11.9 Å². The number of hydrogen-bond donors (Lipinski definition) is 1. The maximum absolute atomic E-state index is 6.06.